The molecule has 0 radical (unpaired) electrons. The zero-order chi connectivity index (χ0) is 14.9. The summed E-state index contributed by atoms with van der Waals surface area (Å²) in [6.45, 7) is 3.29. The Labute approximate surface area is 111 Å². The van der Waals surface area contributed by atoms with Gasteiger partial charge in [0, 0.05) is 5.56 Å². The lowest BCUT2D eigenvalue weighted by molar-refractivity contribution is -0.137. The fourth-order valence-electron chi connectivity index (χ4n) is 1.43. The van der Waals surface area contributed by atoms with E-state index in [9.17, 15) is 18.0 Å². The quantitative estimate of drug-likeness (QED) is 0.879. The Bertz CT molecular complexity index is 659. The van der Waals surface area contributed by atoms with E-state index >= 15 is 0 Å². The third kappa shape index (κ3) is 2.68. The first-order valence-corrected chi connectivity index (χ1v) is 5.31. The summed E-state index contributed by atoms with van der Waals surface area (Å²) in [7, 11) is 0. The molecular formula is C12H8F3N3O2. The van der Waals surface area contributed by atoms with Gasteiger partial charge in [-0.15, -0.1) is 5.10 Å². The SMILES string of the molecule is C=C(C(=O)O)n1cnc(-c2ccc(C(F)(F)F)cc2)n1. The molecule has 0 aliphatic rings. The molecular weight excluding hydrogens is 275 g/mol. The molecule has 0 fully saturated rings. The second-order valence-electron chi connectivity index (χ2n) is 3.84. The van der Waals surface area contributed by atoms with Crippen molar-refractivity contribution in [2.75, 3.05) is 0 Å². The topological polar surface area (TPSA) is 68.0 Å². The standard InChI is InChI=1S/C12H8F3N3O2/c1-7(11(19)20)18-6-16-10(17-18)8-2-4-9(5-3-8)12(13,14)15/h2-6H,1H2,(H,19,20). The Morgan fingerprint density at radius 3 is 2.35 bits per heavy atom. The van der Waals surface area contributed by atoms with Crippen molar-refractivity contribution in [3.8, 4) is 11.4 Å². The van der Waals surface area contributed by atoms with Gasteiger partial charge in [-0.05, 0) is 12.1 Å². The first-order valence-electron chi connectivity index (χ1n) is 5.31. The molecule has 104 valence electrons. The number of carbonyl (C=O) groups is 1. The minimum atomic E-state index is -4.41. The molecule has 0 aliphatic carbocycles. The van der Waals surface area contributed by atoms with Gasteiger partial charge in [0.15, 0.2) is 5.82 Å². The first kappa shape index (κ1) is 13.8. The van der Waals surface area contributed by atoms with Crippen LogP contribution in [0.25, 0.3) is 17.1 Å². The van der Waals surface area contributed by atoms with Gasteiger partial charge in [0.25, 0.3) is 0 Å². The molecule has 1 heterocycles. The van der Waals surface area contributed by atoms with Gasteiger partial charge < -0.3 is 5.11 Å². The zero-order valence-electron chi connectivity index (χ0n) is 9.92. The molecule has 1 aromatic heterocycles. The Kier molecular flexibility index (Phi) is 3.31. The number of hydrogen-bond acceptors (Lipinski definition) is 3. The van der Waals surface area contributed by atoms with Gasteiger partial charge in [0.05, 0.1) is 5.56 Å². The van der Waals surface area contributed by atoms with Crippen molar-refractivity contribution in [1.29, 1.82) is 0 Å². The minimum Gasteiger partial charge on any atom is -0.477 e. The van der Waals surface area contributed by atoms with E-state index in [1.807, 2.05) is 0 Å². The molecule has 0 bridgehead atoms. The first-order chi connectivity index (χ1) is 9.29. The molecule has 0 aliphatic heterocycles. The van der Waals surface area contributed by atoms with Gasteiger partial charge >= 0.3 is 12.1 Å². The number of aromatic nitrogens is 3. The van der Waals surface area contributed by atoms with E-state index in [0.717, 1.165) is 23.1 Å². The number of rotatable bonds is 3. The van der Waals surface area contributed by atoms with Gasteiger partial charge in [0.1, 0.15) is 12.0 Å². The van der Waals surface area contributed by atoms with Crippen LogP contribution in [0.5, 0.6) is 0 Å². The molecule has 0 saturated heterocycles. The fourth-order valence-corrected chi connectivity index (χ4v) is 1.43. The van der Waals surface area contributed by atoms with E-state index in [2.05, 4.69) is 16.7 Å². The maximum absolute atomic E-state index is 12.4. The summed E-state index contributed by atoms with van der Waals surface area (Å²) in [4.78, 5) is 14.5. The minimum absolute atomic E-state index is 0.112. The van der Waals surface area contributed by atoms with Crippen LogP contribution >= 0.6 is 0 Å². The Morgan fingerprint density at radius 1 is 1.25 bits per heavy atom. The maximum Gasteiger partial charge on any atom is 0.416 e. The van der Waals surface area contributed by atoms with Crippen LogP contribution in [0, 0.1) is 0 Å². The lowest BCUT2D eigenvalue weighted by Gasteiger charge is -2.06. The van der Waals surface area contributed by atoms with Crippen molar-refractivity contribution in [1.82, 2.24) is 14.8 Å². The molecule has 5 nitrogen and oxygen atoms in total. The van der Waals surface area contributed by atoms with Crippen molar-refractivity contribution in [3.05, 3.63) is 42.7 Å². The average Bonchev–Trinajstić information content (AvgIpc) is 2.86. The van der Waals surface area contributed by atoms with Crippen molar-refractivity contribution >= 4 is 11.7 Å². The normalized spacial score (nSPS) is 11.3. The number of aliphatic carboxylic acids is 1. The number of nitrogens with zero attached hydrogens (tertiary/aromatic N) is 3. The van der Waals surface area contributed by atoms with Gasteiger partial charge in [-0.3, -0.25) is 0 Å². The Balaban J connectivity index is 2.29. The largest absolute Gasteiger partial charge is 0.477 e. The van der Waals surface area contributed by atoms with Gasteiger partial charge in [-0.25, -0.2) is 14.5 Å². The summed E-state index contributed by atoms with van der Waals surface area (Å²) in [5, 5.41) is 12.6. The Morgan fingerprint density at radius 2 is 1.85 bits per heavy atom. The van der Waals surface area contributed by atoms with Crippen LogP contribution in [0.1, 0.15) is 5.56 Å². The molecule has 0 amide bonds. The third-order valence-corrected chi connectivity index (χ3v) is 2.49. The predicted octanol–water partition coefficient (Wildman–Crippen LogP) is 2.52. The summed E-state index contributed by atoms with van der Waals surface area (Å²) >= 11 is 0. The number of hydrogen-bond donors (Lipinski definition) is 1. The van der Waals surface area contributed by atoms with Crippen LogP contribution < -0.4 is 0 Å². The van der Waals surface area contributed by atoms with Crippen LogP contribution in [0.15, 0.2) is 37.2 Å². The van der Waals surface area contributed by atoms with Crippen molar-refractivity contribution in [3.63, 3.8) is 0 Å². The van der Waals surface area contributed by atoms with Crippen molar-refractivity contribution in [2.24, 2.45) is 0 Å². The molecule has 0 unspecified atom stereocenters. The second-order valence-corrected chi connectivity index (χ2v) is 3.84. The van der Waals surface area contributed by atoms with E-state index in [-0.39, 0.29) is 11.5 Å². The molecule has 0 spiro atoms. The summed E-state index contributed by atoms with van der Waals surface area (Å²) in [5.41, 5.74) is -0.749. The van der Waals surface area contributed by atoms with E-state index < -0.39 is 17.7 Å². The van der Waals surface area contributed by atoms with Crippen LogP contribution in [0.2, 0.25) is 0 Å². The number of alkyl halides is 3. The summed E-state index contributed by atoms with van der Waals surface area (Å²) in [5.74, 6) is -1.16. The Hall–Kier alpha value is -2.64. The van der Waals surface area contributed by atoms with Crippen molar-refractivity contribution in [2.45, 2.75) is 6.18 Å². The summed E-state index contributed by atoms with van der Waals surface area (Å²) in [6.07, 6.45) is -3.29. The van der Waals surface area contributed by atoms with Crippen LogP contribution in [-0.2, 0) is 11.0 Å². The molecule has 1 N–H and O–H groups in total. The predicted molar refractivity (Wildman–Crippen MR) is 63.4 cm³/mol. The second kappa shape index (κ2) is 4.80. The fraction of sp³-hybridized carbons (Fsp3) is 0.0833. The molecule has 20 heavy (non-hydrogen) atoms. The molecule has 0 saturated carbocycles. The summed E-state index contributed by atoms with van der Waals surface area (Å²) < 4.78 is 38.2. The highest BCUT2D eigenvalue weighted by atomic mass is 19.4. The molecule has 2 rings (SSSR count). The third-order valence-electron chi connectivity index (χ3n) is 2.49. The maximum atomic E-state index is 12.4. The summed E-state index contributed by atoms with van der Waals surface area (Å²) in [6, 6.07) is 4.24. The van der Waals surface area contributed by atoms with E-state index in [1.54, 1.807) is 0 Å². The van der Waals surface area contributed by atoms with Crippen LogP contribution in [-0.4, -0.2) is 25.8 Å². The highest BCUT2D eigenvalue weighted by Crippen LogP contribution is 2.30. The van der Waals surface area contributed by atoms with Crippen LogP contribution in [0.3, 0.4) is 0 Å². The highest BCUT2D eigenvalue weighted by Gasteiger charge is 2.30. The van der Waals surface area contributed by atoms with E-state index in [1.165, 1.54) is 12.1 Å². The van der Waals surface area contributed by atoms with Gasteiger partial charge in [-0.2, -0.15) is 13.2 Å². The molecule has 0 atom stereocenters. The molecule has 2 aromatic rings. The lowest BCUT2D eigenvalue weighted by atomic mass is 10.1. The number of carboxylic acid groups (broad SMARTS) is 1. The van der Waals surface area contributed by atoms with E-state index in [4.69, 9.17) is 5.11 Å². The molecule has 8 heteroatoms. The monoisotopic (exact) mass is 283 g/mol. The smallest absolute Gasteiger partial charge is 0.416 e. The van der Waals surface area contributed by atoms with E-state index in [0.29, 0.717) is 5.56 Å². The number of halogens is 3. The number of carboxylic acids is 1. The van der Waals surface area contributed by atoms with Crippen LogP contribution in [0.4, 0.5) is 13.2 Å². The zero-order valence-corrected chi connectivity index (χ0v) is 9.92. The van der Waals surface area contributed by atoms with Gasteiger partial charge in [-0.1, -0.05) is 18.7 Å². The van der Waals surface area contributed by atoms with Gasteiger partial charge in [0.2, 0.25) is 0 Å². The molecule has 1 aromatic carbocycles. The average molecular weight is 283 g/mol. The lowest BCUT2D eigenvalue weighted by Crippen LogP contribution is -2.07. The highest BCUT2D eigenvalue weighted by molar-refractivity contribution is 6.07. The number of benzene rings is 1. The van der Waals surface area contributed by atoms with Crippen molar-refractivity contribution < 1.29 is 23.1 Å².